The lowest BCUT2D eigenvalue weighted by atomic mass is 9.76. The molecule has 1 fully saturated rings. The fourth-order valence-corrected chi connectivity index (χ4v) is 5.14. The van der Waals surface area contributed by atoms with E-state index in [1.165, 1.54) is 36.8 Å². The maximum atomic E-state index is 5.91. The lowest BCUT2D eigenvalue weighted by Crippen LogP contribution is -2.18. The van der Waals surface area contributed by atoms with Crippen LogP contribution < -0.4 is 9.47 Å². The molecule has 0 amide bonds. The fraction of sp³-hybridized carbons (Fsp3) is 0.257. The lowest BCUT2D eigenvalue weighted by molar-refractivity contribution is 0.329. The van der Waals surface area contributed by atoms with E-state index in [0.717, 1.165) is 34.8 Å². The second-order valence-corrected chi connectivity index (χ2v) is 10.6. The van der Waals surface area contributed by atoms with Crippen LogP contribution in [0.15, 0.2) is 121 Å². The lowest BCUT2D eigenvalue weighted by Gasteiger charge is -2.29. The van der Waals surface area contributed by atoms with E-state index < -0.39 is 0 Å². The minimum absolute atomic E-state index is 0.128. The summed E-state index contributed by atoms with van der Waals surface area (Å²) in [6.07, 6.45) is 10.7. The van der Waals surface area contributed by atoms with Crippen molar-refractivity contribution in [2.24, 2.45) is 11.8 Å². The number of ether oxygens (including phenoxy) is 2. The summed E-state index contributed by atoms with van der Waals surface area (Å²) in [4.78, 5) is 0. The highest BCUT2D eigenvalue weighted by atomic mass is 16.5. The zero-order valence-electron chi connectivity index (χ0n) is 21.8. The van der Waals surface area contributed by atoms with Crippen LogP contribution in [0.25, 0.3) is 0 Å². The first-order valence-corrected chi connectivity index (χ1v) is 13.4. The maximum Gasteiger partial charge on any atom is 0.127 e. The molecule has 3 aliphatic rings. The third kappa shape index (κ3) is 6.51. The van der Waals surface area contributed by atoms with Gasteiger partial charge in [-0.15, -0.1) is 0 Å². The summed E-state index contributed by atoms with van der Waals surface area (Å²) in [6, 6.07) is 36.3. The Morgan fingerprint density at radius 2 is 0.784 bits per heavy atom. The van der Waals surface area contributed by atoms with Gasteiger partial charge in [-0.2, -0.15) is 0 Å². The first kappa shape index (κ1) is 24.9. The van der Waals surface area contributed by atoms with E-state index in [-0.39, 0.29) is 5.41 Å². The van der Waals surface area contributed by atoms with E-state index >= 15 is 0 Å². The van der Waals surface area contributed by atoms with E-state index in [1.54, 1.807) is 0 Å². The van der Waals surface area contributed by atoms with E-state index in [0.29, 0.717) is 0 Å². The van der Waals surface area contributed by atoms with Gasteiger partial charge in [-0.05, 0) is 97.2 Å². The number of fused-ring (bicyclic) bond motifs is 2. The van der Waals surface area contributed by atoms with E-state index in [4.69, 9.17) is 9.47 Å². The molecule has 0 aromatic heterocycles. The van der Waals surface area contributed by atoms with Gasteiger partial charge in [0.25, 0.3) is 0 Å². The Morgan fingerprint density at radius 1 is 0.459 bits per heavy atom. The number of allylic oxidation sites excluding steroid dienone is 2. The SMILES string of the molecule is C1=CC2CCC1CC2.CC(C)(c1ccc(Oc2ccccc2)cc1)c1ccc(Oc2ccccc2)cc1. The largest absolute Gasteiger partial charge is 0.457 e. The predicted molar refractivity (Wildman–Crippen MR) is 153 cm³/mol. The number of para-hydroxylation sites is 2. The Hall–Kier alpha value is -3.78. The van der Waals surface area contributed by atoms with Crippen molar-refractivity contribution < 1.29 is 9.47 Å². The minimum atomic E-state index is -0.128. The zero-order valence-corrected chi connectivity index (χ0v) is 21.8. The molecule has 0 aliphatic heterocycles. The normalized spacial score (nSPS) is 18.0. The van der Waals surface area contributed by atoms with E-state index in [2.05, 4.69) is 50.3 Å². The molecule has 0 saturated heterocycles. The summed E-state index contributed by atoms with van der Waals surface area (Å²) >= 11 is 0. The van der Waals surface area contributed by atoms with Gasteiger partial charge in [0.1, 0.15) is 23.0 Å². The van der Waals surface area contributed by atoms with Crippen LogP contribution in [0.2, 0.25) is 0 Å². The molecule has 3 aliphatic carbocycles. The summed E-state index contributed by atoms with van der Waals surface area (Å²) in [5.74, 6) is 5.30. The first-order chi connectivity index (χ1) is 18.1. The van der Waals surface area contributed by atoms with Gasteiger partial charge in [-0.3, -0.25) is 0 Å². The van der Waals surface area contributed by atoms with Gasteiger partial charge in [0.15, 0.2) is 0 Å². The van der Waals surface area contributed by atoms with Gasteiger partial charge in [-0.25, -0.2) is 0 Å². The Labute approximate surface area is 221 Å². The van der Waals surface area contributed by atoms with Crippen molar-refractivity contribution in [3.05, 3.63) is 132 Å². The van der Waals surface area contributed by atoms with Gasteiger partial charge >= 0.3 is 0 Å². The Bertz CT molecular complexity index is 1160. The molecule has 188 valence electrons. The summed E-state index contributed by atoms with van der Waals surface area (Å²) in [5, 5.41) is 0. The standard InChI is InChI=1S/C27H24O2.C8H12/c1-27(2,21-13-17-25(18-14-21)28-23-9-5-3-6-10-23)22-15-19-26(20-16-22)29-24-11-7-4-8-12-24;1-2-8-5-3-7(1)4-6-8/h3-20H,1-2H3;1-2,7-8H,3-6H2. The highest BCUT2D eigenvalue weighted by Gasteiger charge is 2.23. The van der Waals surface area contributed by atoms with Crippen molar-refractivity contribution >= 4 is 0 Å². The van der Waals surface area contributed by atoms with Crippen LogP contribution in [0, 0.1) is 11.8 Å². The Balaban J connectivity index is 0.000000295. The summed E-state index contributed by atoms with van der Waals surface area (Å²) in [5.41, 5.74) is 2.33. The number of hydrogen-bond donors (Lipinski definition) is 0. The maximum absolute atomic E-state index is 5.91. The quantitative estimate of drug-likeness (QED) is 0.251. The second kappa shape index (κ2) is 11.5. The molecular formula is C35H36O2. The molecule has 0 spiro atoms. The highest BCUT2D eigenvalue weighted by Crippen LogP contribution is 2.36. The Morgan fingerprint density at radius 3 is 1.08 bits per heavy atom. The first-order valence-electron chi connectivity index (χ1n) is 13.4. The van der Waals surface area contributed by atoms with Gasteiger partial charge in [0.05, 0.1) is 0 Å². The van der Waals surface area contributed by atoms with E-state index in [1.807, 2.05) is 84.9 Å². The summed E-state index contributed by atoms with van der Waals surface area (Å²) < 4.78 is 11.8. The van der Waals surface area contributed by atoms with Gasteiger partial charge in [0.2, 0.25) is 0 Å². The molecular weight excluding hydrogens is 452 g/mol. The van der Waals surface area contributed by atoms with Crippen LogP contribution in [0.4, 0.5) is 0 Å². The monoisotopic (exact) mass is 488 g/mol. The van der Waals surface area contributed by atoms with Crippen molar-refractivity contribution in [1.82, 2.24) is 0 Å². The minimum Gasteiger partial charge on any atom is -0.457 e. The van der Waals surface area contributed by atoms with Crippen LogP contribution in [-0.4, -0.2) is 0 Å². The van der Waals surface area contributed by atoms with Crippen LogP contribution in [0.1, 0.15) is 50.7 Å². The average Bonchev–Trinajstić information content (AvgIpc) is 2.96. The molecule has 7 rings (SSSR count). The molecule has 2 nitrogen and oxygen atoms in total. The third-order valence-corrected chi connectivity index (χ3v) is 7.58. The third-order valence-electron chi connectivity index (χ3n) is 7.58. The molecule has 1 saturated carbocycles. The molecule has 0 radical (unpaired) electrons. The zero-order chi connectivity index (χ0) is 25.5. The smallest absolute Gasteiger partial charge is 0.127 e. The van der Waals surface area contributed by atoms with Gasteiger partial charge in [-0.1, -0.05) is 86.7 Å². The summed E-state index contributed by atoms with van der Waals surface area (Å²) in [6.45, 7) is 4.46. The molecule has 2 heteroatoms. The van der Waals surface area contributed by atoms with Crippen LogP contribution in [0.3, 0.4) is 0 Å². The molecule has 0 atom stereocenters. The van der Waals surface area contributed by atoms with Crippen molar-refractivity contribution in [3.63, 3.8) is 0 Å². The topological polar surface area (TPSA) is 18.5 Å². The molecule has 0 unspecified atom stereocenters. The second-order valence-electron chi connectivity index (χ2n) is 10.6. The summed E-state index contributed by atoms with van der Waals surface area (Å²) in [7, 11) is 0. The highest BCUT2D eigenvalue weighted by molar-refractivity contribution is 5.43. The van der Waals surface area contributed by atoms with Gasteiger partial charge in [0, 0.05) is 5.41 Å². The van der Waals surface area contributed by atoms with Crippen molar-refractivity contribution in [2.75, 3.05) is 0 Å². The molecule has 2 bridgehead atoms. The molecule has 4 aromatic rings. The number of rotatable bonds is 6. The molecule has 0 N–H and O–H groups in total. The van der Waals surface area contributed by atoms with Crippen LogP contribution in [0.5, 0.6) is 23.0 Å². The van der Waals surface area contributed by atoms with E-state index in [9.17, 15) is 0 Å². The fourth-order valence-electron chi connectivity index (χ4n) is 5.14. The molecule has 4 aromatic carbocycles. The molecule has 37 heavy (non-hydrogen) atoms. The number of hydrogen-bond acceptors (Lipinski definition) is 2. The van der Waals surface area contributed by atoms with Crippen molar-refractivity contribution in [1.29, 1.82) is 0 Å². The molecule has 0 heterocycles. The van der Waals surface area contributed by atoms with Crippen LogP contribution in [-0.2, 0) is 5.41 Å². The van der Waals surface area contributed by atoms with Crippen molar-refractivity contribution in [2.45, 2.75) is 44.9 Å². The van der Waals surface area contributed by atoms with Crippen LogP contribution >= 0.6 is 0 Å². The van der Waals surface area contributed by atoms with Crippen molar-refractivity contribution in [3.8, 4) is 23.0 Å². The predicted octanol–water partition coefficient (Wildman–Crippen LogP) is 9.96. The Kier molecular flexibility index (Phi) is 7.75. The van der Waals surface area contributed by atoms with Gasteiger partial charge < -0.3 is 9.47 Å². The number of benzene rings is 4. The average molecular weight is 489 g/mol.